The molecule has 0 aromatic heterocycles. The second kappa shape index (κ2) is 9.67. The van der Waals surface area contributed by atoms with E-state index in [9.17, 15) is 14.4 Å². The quantitative estimate of drug-likeness (QED) is 0.630. The molecule has 0 bridgehead atoms. The van der Waals surface area contributed by atoms with Crippen molar-refractivity contribution in [1.82, 2.24) is 20.9 Å². The van der Waals surface area contributed by atoms with Crippen LogP contribution in [0.2, 0.25) is 0 Å². The van der Waals surface area contributed by atoms with Crippen molar-refractivity contribution < 1.29 is 14.4 Å². The molecule has 7 heteroatoms. The number of hydrogen-bond acceptors (Lipinski definition) is 4. The van der Waals surface area contributed by atoms with Crippen molar-refractivity contribution in [2.24, 2.45) is 0 Å². The zero-order chi connectivity index (χ0) is 18.1. The standard InChI is InChI=1S/C17H26N4O3/c1-5-19-16(23)12(2)20-15(22)11-21(4)10-13-6-8-14(9-7-13)17(24)18-3/h6-9,12H,5,10-11H2,1-4H3,(H,18,24)(H,19,23)(H,20,22)/t12-/m1/s1. The number of likely N-dealkylation sites (N-methyl/N-ethyl adjacent to an activating group) is 2. The molecular formula is C17H26N4O3. The molecule has 24 heavy (non-hydrogen) atoms. The van der Waals surface area contributed by atoms with Gasteiger partial charge in [-0.3, -0.25) is 19.3 Å². The number of carbonyl (C=O) groups excluding carboxylic acids is 3. The van der Waals surface area contributed by atoms with E-state index in [1.807, 2.05) is 31.0 Å². The average Bonchev–Trinajstić information content (AvgIpc) is 2.54. The van der Waals surface area contributed by atoms with Gasteiger partial charge in [-0.25, -0.2) is 0 Å². The van der Waals surface area contributed by atoms with Gasteiger partial charge in [-0.1, -0.05) is 12.1 Å². The lowest BCUT2D eigenvalue weighted by Crippen LogP contribution is -2.47. The summed E-state index contributed by atoms with van der Waals surface area (Å²) in [5.41, 5.74) is 1.59. The molecule has 1 rings (SSSR count). The van der Waals surface area contributed by atoms with Crippen LogP contribution in [0, 0.1) is 0 Å². The number of nitrogens with one attached hydrogen (secondary N) is 3. The van der Waals surface area contributed by atoms with Crippen molar-refractivity contribution in [2.75, 3.05) is 27.2 Å². The Bertz CT molecular complexity index is 572. The third-order valence-corrected chi connectivity index (χ3v) is 3.43. The van der Waals surface area contributed by atoms with Gasteiger partial charge in [0.15, 0.2) is 0 Å². The fourth-order valence-electron chi connectivity index (χ4n) is 2.20. The highest BCUT2D eigenvalue weighted by atomic mass is 16.2. The summed E-state index contributed by atoms with van der Waals surface area (Å²) >= 11 is 0. The van der Waals surface area contributed by atoms with Gasteiger partial charge in [-0.15, -0.1) is 0 Å². The van der Waals surface area contributed by atoms with E-state index in [0.29, 0.717) is 18.7 Å². The third-order valence-electron chi connectivity index (χ3n) is 3.43. The zero-order valence-electron chi connectivity index (χ0n) is 14.7. The fourth-order valence-corrected chi connectivity index (χ4v) is 2.20. The van der Waals surface area contributed by atoms with Crippen molar-refractivity contribution in [3.05, 3.63) is 35.4 Å². The lowest BCUT2D eigenvalue weighted by molar-refractivity contribution is -0.129. The van der Waals surface area contributed by atoms with E-state index in [2.05, 4.69) is 16.0 Å². The number of carbonyl (C=O) groups is 3. The smallest absolute Gasteiger partial charge is 0.251 e. The van der Waals surface area contributed by atoms with Gasteiger partial charge in [0.1, 0.15) is 6.04 Å². The molecule has 0 saturated heterocycles. The minimum Gasteiger partial charge on any atom is -0.355 e. The Morgan fingerprint density at radius 3 is 2.33 bits per heavy atom. The first-order chi connectivity index (χ1) is 11.4. The highest BCUT2D eigenvalue weighted by Gasteiger charge is 2.15. The van der Waals surface area contributed by atoms with Gasteiger partial charge < -0.3 is 16.0 Å². The van der Waals surface area contributed by atoms with E-state index >= 15 is 0 Å². The van der Waals surface area contributed by atoms with Crippen molar-refractivity contribution in [1.29, 1.82) is 0 Å². The Hall–Kier alpha value is -2.41. The topological polar surface area (TPSA) is 90.5 Å². The molecule has 0 radical (unpaired) electrons. The summed E-state index contributed by atoms with van der Waals surface area (Å²) < 4.78 is 0. The minimum atomic E-state index is -0.558. The van der Waals surface area contributed by atoms with Crippen LogP contribution in [0.5, 0.6) is 0 Å². The second-order valence-corrected chi connectivity index (χ2v) is 5.63. The predicted molar refractivity (Wildman–Crippen MR) is 92.5 cm³/mol. The Morgan fingerprint density at radius 2 is 1.79 bits per heavy atom. The summed E-state index contributed by atoms with van der Waals surface area (Å²) in [7, 11) is 3.41. The lowest BCUT2D eigenvalue weighted by Gasteiger charge is -2.19. The molecule has 132 valence electrons. The van der Waals surface area contributed by atoms with Gasteiger partial charge in [0, 0.05) is 25.7 Å². The van der Waals surface area contributed by atoms with E-state index in [4.69, 9.17) is 0 Å². The van der Waals surface area contributed by atoms with Crippen LogP contribution in [-0.4, -0.2) is 55.8 Å². The molecule has 0 heterocycles. The van der Waals surface area contributed by atoms with Gasteiger partial charge in [0.25, 0.3) is 5.91 Å². The molecule has 3 amide bonds. The van der Waals surface area contributed by atoms with Crippen LogP contribution in [0.15, 0.2) is 24.3 Å². The summed E-state index contributed by atoms with van der Waals surface area (Å²) in [6, 6.07) is 6.66. The summed E-state index contributed by atoms with van der Waals surface area (Å²) in [5, 5.41) is 7.90. The normalized spacial score (nSPS) is 11.7. The SMILES string of the molecule is CCNC(=O)[C@@H](C)NC(=O)CN(C)Cc1ccc(C(=O)NC)cc1. The van der Waals surface area contributed by atoms with Crippen LogP contribution in [-0.2, 0) is 16.1 Å². The van der Waals surface area contributed by atoms with Gasteiger partial charge >= 0.3 is 0 Å². The second-order valence-electron chi connectivity index (χ2n) is 5.63. The predicted octanol–water partition coefficient (Wildman–Crippen LogP) is 0.119. The largest absolute Gasteiger partial charge is 0.355 e. The van der Waals surface area contributed by atoms with Gasteiger partial charge in [-0.2, -0.15) is 0 Å². The molecule has 1 atom stereocenters. The molecule has 7 nitrogen and oxygen atoms in total. The van der Waals surface area contributed by atoms with Crippen LogP contribution < -0.4 is 16.0 Å². The van der Waals surface area contributed by atoms with E-state index < -0.39 is 6.04 Å². The van der Waals surface area contributed by atoms with Gasteiger partial charge in [-0.05, 0) is 38.6 Å². The molecule has 0 saturated carbocycles. The Kier molecular flexibility index (Phi) is 7.91. The minimum absolute atomic E-state index is 0.131. The summed E-state index contributed by atoms with van der Waals surface area (Å²) in [6.45, 7) is 4.76. The first-order valence-corrected chi connectivity index (χ1v) is 7.94. The molecule has 0 aliphatic rings. The monoisotopic (exact) mass is 334 g/mol. The zero-order valence-corrected chi connectivity index (χ0v) is 14.7. The lowest BCUT2D eigenvalue weighted by atomic mass is 10.1. The first kappa shape index (κ1) is 19.6. The molecule has 0 aliphatic carbocycles. The fraction of sp³-hybridized carbons (Fsp3) is 0.471. The number of amides is 3. The molecular weight excluding hydrogens is 308 g/mol. The number of rotatable bonds is 8. The van der Waals surface area contributed by atoms with E-state index in [0.717, 1.165) is 5.56 Å². The van der Waals surface area contributed by atoms with Crippen molar-refractivity contribution in [2.45, 2.75) is 26.4 Å². The summed E-state index contributed by atoms with van der Waals surface area (Å²) in [6.07, 6.45) is 0. The van der Waals surface area contributed by atoms with Gasteiger partial charge in [0.2, 0.25) is 11.8 Å². The maximum absolute atomic E-state index is 12.0. The van der Waals surface area contributed by atoms with Crippen LogP contribution in [0.25, 0.3) is 0 Å². The average molecular weight is 334 g/mol. The summed E-state index contributed by atoms with van der Waals surface area (Å²) in [4.78, 5) is 36.9. The maximum atomic E-state index is 12.0. The number of hydrogen-bond donors (Lipinski definition) is 3. The molecule has 0 fully saturated rings. The Balaban J connectivity index is 2.47. The van der Waals surface area contributed by atoms with Crippen molar-refractivity contribution >= 4 is 17.7 Å². The van der Waals surface area contributed by atoms with E-state index in [1.54, 1.807) is 26.1 Å². The van der Waals surface area contributed by atoms with E-state index in [-0.39, 0.29) is 24.3 Å². The van der Waals surface area contributed by atoms with Crippen LogP contribution in [0.1, 0.15) is 29.8 Å². The van der Waals surface area contributed by atoms with Crippen molar-refractivity contribution in [3.8, 4) is 0 Å². The molecule has 0 unspecified atom stereocenters. The van der Waals surface area contributed by atoms with Crippen LogP contribution >= 0.6 is 0 Å². The molecule has 1 aromatic rings. The molecule has 1 aromatic carbocycles. The molecule has 0 spiro atoms. The van der Waals surface area contributed by atoms with E-state index in [1.165, 1.54) is 0 Å². The highest BCUT2D eigenvalue weighted by Crippen LogP contribution is 2.06. The van der Waals surface area contributed by atoms with Crippen LogP contribution in [0.4, 0.5) is 0 Å². The molecule has 0 aliphatic heterocycles. The first-order valence-electron chi connectivity index (χ1n) is 7.94. The maximum Gasteiger partial charge on any atom is 0.251 e. The third kappa shape index (κ3) is 6.37. The number of benzene rings is 1. The Labute approximate surface area is 142 Å². The number of nitrogens with zero attached hydrogens (tertiary/aromatic N) is 1. The highest BCUT2D eigenvalue weighted by molar-refractivity contribution is 5.93. The van der Waals surface area contributed by atoms with Crippen molar-refractivity contribution in [3.63, 3.8) is 0 Å². The molecule has 3 N–H and O–H groups in total. The summed E-state index contributed by atoms with van der Waals surface area (Å²) in [5.74, 6) is -0.537. The Morgan fingerprint density at radius 1 is 1.17 bits per heavy atom. The van der Waals surface area contributed by atoms with Gasteiger partial charge in [0.05, 0.1) is 6.54 Å². The van der Waals surface area contributed by atoms with Crippen LogP contribution in [0.3, 0.4) is 0 Å².